The number of para-hydroxylation sites is 1. The molecule has 2 aromatic carbocycles. The van der Waals surface area contributed by atoms with Crippen LogP contribution in [0.1, 0.15) is 25.0 Å². The number of carbonyl (C=O) groups excluding carboxylic acids is 2. The summed E-state index contributed by atoms with van der Waals surface area (Å²) >= 11 is 0. The van der Waals surface area contributed by atoms with E-state index >= 15 is 0 Å². The number of carbonyl (C=O) groups is 2. The number of amides is 2. The minimum absolute atomic E-state index is 0.0453. The lowest BCUT2D eigenvalue weighted by atomic mass is 10.1. The van der Waals surface area contributed by atoms with Crippen molar-refractivity contribution in [2.75, 3.05) is 24.6 Å². The molecule has 0 aromatic heterocycles. The van der Waals surface area contributed by atoms with Crippen LogP contribution in [-0.4, -0.2) is 31.5 Å². The van der Waals surface area contributed by atoms with E-state index in [-0.39, 0.29) is 18.4 Å². The van der Waals surface area contributed by atoms with Crippen molar-refractivity contribution < 1.29 is 14.3 Å². The van der Waals surface area contributed by atoms with Gasteiger partial charge >= 0.3 is 0 Å². The highest BCUT2D eigenvalue weighted by molar-refractivity contribution is 5.92. The Kier molecular flexibility index (Phi) is 7.21. The summed E-state index contributed by atoms with van der Waals surface area (Å²) in [5.41, 5.74) is 3.14. The van der Waals surface area contributed by atoms with Gasteiger partial charge in [0.2, 0.25) is 5.91 Å². The van der Waals surface area contributed by atoms with Gasteiger partial charge in [0.05, 0.1) is 0 Å². The van der Waals surface area contributed by atoms with E-state index < -0.39 is 0 Å². The summed E-state index contributed by atoms with van der Waals surface area (Å²) in [4.78, 5) is 25.7. The number of hydrogen-bond acceptors (Lipinski definition) is 3. The molecule has 138 valence electrons. The van der Waals surface area contributed by atoms with Crippen molar-refractivity contribution in [1.29, 1.82) is 0 Å². The summed E-state index contributed by atoms with van der Waals surface area (Å²) < 4.78 is 5.46. The zero-order chi connectivity index (χ0) is 18.9. The first-order valence-electron chi connectivity index (χ1n) is 8.83. The van der Waals surface area contributed by atoms with Gasteiger partial charge in [-0.3, -0.25) is 9.59 Å². The Hall–Kier alpha value is -2.82. The quantitative estimate of drug-likeness (QED) is 0.792. The second kappa shape index (κ2) is 9.61. The van der Waals surface area contributed by atoms with Crippen LogP contribution in [0.25, 0.3) is 0 Å². The summed E-state index contributed by atoms with van der Waals surface area (Å²) in [5, 5.41) is 2.80. The highest BCUT2D eigenvalue weighted by atomic mass is 16.5. The third kappa shape index (κ3) is 5.62. The monoisotopic (exact) mass is 354 g/mol. The van der Waals surface area contributed by atoms with Gasteiger partial charge < -0.3 is 15.0 Å². The maximum Gasteiger partial charge on any atom is 0.258 e. The van der Waals surface area contributed by atoms with Gasteiger partial charge in [0.15, 0.2) is 6.61 Å². The highest BCUT2D eigenvalue weighted by Crippen LogP contribution is 2.20. The van der Waals surface area contributed by atoms with Gasteiger partial charge in [-0.15, -0.1) is 0 Å². The van der Waals surface area contributed by atoms with E-state index in [4.69, 9.17) is 4.74 Å². The number of rotatable bonds is 8. The molecule has 0 aliphatic carbocycles. The summed E-state index contributed by atoms with van der Waals surface area (Å²) in [6.07, 6.45) is 0.844. The second-order valence-corrected chi connectivity index (χ2v) is 6.10. The van der Waals surface area contributed by atoms with Crippen molar-refractivity contribution in [2.24, 2.45) is 0 Å². The third-order valence-corrected chi connectivity index (χ3v) is 4.09. The number of ether oxygens (including phenoxy) is 1. The van der Waals surface area contributed by atoms with Gasteiger partial charge in [0.1, 0.15) is 5.75 Å². The first-order chi connectivity index (χ1) is 12.5. The van der Waals surface area contributed by atoms with E-state index in [0.717, 1.165) is 23.2 Å². The molecular formula is C21H26N2O3. The largest absolute Gasteiger partial charge is 0.484 e. The molecule has 0 spiro atoms. The van der Waals surface area contributed by atoms with Crippen molar-refractivity contribution in [1.82, 2.24) is 5.32 Å². The average molecular weight is 354 g/mol. The average Bonchev–Trinajstić information content (AvgIpc) is 2.64. The van der Waals surface area contributed by atoms with E-state index in [2.05, 4.69) is 12.2 Å². The van der Waals surface area contributed by atoms with Gasteiger partial charge in [-0.1, -0.05) is 42.8 Å². The van der Waals surface area contributed by atoms with Crippen LogP contribution < -0.4 is 15.0 Å². The Labute approximate surface area is 155 Å². The first kappa shape index (κ1) is 19.5. The summed E-state index contributed by atoms with van der Waals surface area (Å²) in [6, 6.07) is 15.4. The molecule has 0 unspecified atom stereocenters. The molecule has 0 saturated heterocycles. The van der Waals surface area contributed by atoms with E-state index in [0.29, 0.717) is 18.8 Å². The maximum absolute atomic E-state index is 12.0. The Morgan fingerprint density at radius 3 is 2.42 bits per heavy atom. The van der Waals surface area contributed by atoms with E-state index in [1.165, 1.54) is 6.92 Å². The van der Waals surface area contributed by atoms with Crippen LogP contribution >= 0.6 is 0 Å². The summed E-state index contributed by atoms with van der Waals surface area (Å²) in [6.45, 7) is 6.33. The van der Waals surface area contributed by atoms with Crippen LogP contribution in [0, 0.1) is 6.92 Å². The minimum atomic E-state index is -0.210. The lowest BCUT2D eigenvalue weighted by Crippen LogP contribution is -2.39. The van der Waals surface area contributed by atoms with Crippen molar-refractivity contribution in [2.45, 2.75) is 27.2 Å². The fourth-order valence-corrected chi connectivity index (χ4v) is 2.66. The zero-order valence-electron chi connectivity index (χ0n) is 15.6. The molecule has 1 N–H and O–H groups in total. The SMILES string of the molecule is CCc1ccccc1N(CCNC(=O)COc1ccc(C)cc1)C(C)=O. The standard InChI is InChI=1S/C21H26N2O3/c1-4-18-7-5-6-8-20(18)23(17(3)24)14-13-22-21(25)15-26-19-11-9-16(2)10-12-19/h5-12H,4,13-15H2,1-3H3,(H,22,25). The molecule has 0 radical (unpaired) electrons. The van der Waals surface area contributed by atoms with Gasteiger partial charge in [-0.25, -0.2) is 0 Å². The lowest BCUT2D eigenvalue weighted by molar-refractivity contribution is -0.123. The summed E-state index contributed by atoms with van der Waals surface area (Å²) in [7, 11) is 0. The van der Waals surface area contributed by atoms with Gasteiger partial charge in [0.25, 0.3) is 5.91 Å². The molecule has 5 heteroatoms. The number of benzene rings is 2. The Morgan fingerprint density at radius 1 is 1.08 bits per heavy atom. The summed E-state index contributed by atoms with van der Waals surface area (Å²) in [5.74, 6) is 0.405. The predicted octanol–water partition coefficient (Wildman–Crippen LogP) is 3.11. The van der Waals surface area contributed by atoms with E-state index in [1.54, 1.807) is 4.90 Å². The fourth-order valence-electron chi connectivity index (χ4n) is 2.66. The smallest absolute Gasteiger partial charge is 0.258 e. The fraction of sp³-hybridized carbons (Fsp3) is 0.333. The molecule has 0 heterocycles. The number of anilines is 1. The van der Waals surface area contributed by atoms with Crippen molar-refractivity contribution in [3.8, 4) is 5.75 Å². The Balaban J connectivity index is 1.84. The molecule has 2 amide bonds. The second-order valence-electron chi connectivity index (χ2n) is 6.10. The molecule has 0 aliphatic heterocycles. The topological polar surface area (TPSA) is 58.6 Å². The van der Waals surface area contributed by atoms with Crippen molar-refractivity contribution >= 4 is 17.5 Å². The zero-order valence-corrected chi connectivity index (χ0v) is 15.6. The molecular weight excluding hydrogens is 328 g/mol. The van der Waals surface area contributed by atoms with Crippen LogP contribution in [0.2, 0.25) is 0 Å². The van der Waals surface area contributed by atoms with Crippen molar-refractivity contribution in [3.63, 3.8) is 0 Å². The van der Waals surface area contributed by atoms with Gasteiger partial charge in [-0.05, 0) is 37.1 Å². The molecule has 26 heavy (non-hydrogen) atoms. The molecule has 2 aromatic rings. The predicted molar refractivity (Wildman–Crippen MR) is 104 cm³/mol. The van der Waals surface area contributed by atoms with Crippen molar-refractivity contribution in [3.05, 3.63) is 59.7 Å². The number of nitrogens with zero attached hydrogens (tertiary/aromatic N) is 1. The molecule has 0 bridgehead atoms. The number of aryl methyl sites for hydroxylation is 2. The van der Waals surface area contributed by atoms with E-state index in [9.17, 15) is 9.59 Å². The Morgan fingerprint density at radius 2 is 1.77 bits per heavy atom. The third-order valence-electron chi connectivity index (χ3n) is 4.09. The number of hydrogen-bond donors (Lipinski definition) is 1. The van der Waals surface area contributed by atoms with Crippen LogP contribution in [0.4, 0.5) is 5.69 Å². The molecule has 5 nitrogen and oxygen atoms in total. The van der Waals surface area contributed by atoms with Crippen LogP contribution in [-0.2, 0) is 16.0 Å². The molecule has 0 aliphatic rings. The molecule has 0 saturated carbocycles. The normalized spacial score (nSPS) is 10.3. The first-order valence-corrected chi connectivity index (χ1v) is 8.83. The highest BCUT2D eigenvalue weighted by Gasteiger charge is 2.14. The molecule has 0 fully saturated rings. The lowest BCUT2D eigenvalue weighted by Gasteiger charge is -2.24. The maximum atomic E-state index is 12.0. The van der Waals surface area contributed by atoms with Crippen LogP contribution in [0.15, 0.2) is 48.5 Å². The minimum Gasteiger partial charge on any atom is -0.484 e. The van der Waals surface area contributed by atoms with Gasteiger partial charge in [-0.2, -0.15) is 0 Å². The molecule has 2 rings (SSSR count). The van der Waals surface area contributed by atoms with Crippen LogP contribution in [0.3, 0.4) is 0 Å². The van der Waals surface area contributed by atoms with E-state index in [1.807, 2.05) is 55.5 Å². The number of nitrogens with one attached hydrogen (secondary N) is 1. The Bertz CT molecular complexity index is 741. The molecule has 0 atom stereocenters. The van der Waals surface area contributed by atoms with Crippen LogP contribution in [0.5, 0.6) is 5.75 Å². The van der Waals surface area contributed by atoms with Gasteiger partial charge in [0, 0.05) is 25.7 Å².